The molecule has 0 amide bonds. The third kappa shape index (κ3) is 3.56. The molecule has 5 nitrogen and oxygen atoms in total. The molecule has 2 aromatic rings. The molecule has 0 aliphatic heterocycles. The van der Waals surface area contributed by atoms with E-state index in [1.165, 1.54) is 11.6 Å². The first-order valence-corrected chi connectivity index (χ1v) is 6.92. The smallest absolute Gasteiger partial charge is 0.303 e. The highest BCUT2D eigenvalue weighted by atomic mass is 16.4. The standard InChI is InChI=1S/C16H18N2O3/c1-3-12-4-6-13(7-5-12)18-11(2)10-15(19)14(17-18)8-9-16(20)21/h4-7,10H,3,8-9H2,1-2H3,(H,20,21). The zero-order valence-corrected chi connectivity index (χ0v) is 12.2. The normalized spacial score (nSPS) is 10.6. The van der Waals surface area contributed by atoms with Crippen molar-refractivity contribution in [3.8, 4) is 5.69 Å². The molecule has 2 rings (SSSR count). The van der Waals surface area contributed by atoms with Crippen LogP contribution in [0.15, 0.2) is 35.1 Å². The fourth-order valence-corrected chi connectivity index (χ4v) is 2.12. The van der Waals surface area contributed by atoms with Crippen LogP contribution in [0.4, 0.5) is 0 Å². The Morgan fingerprint density at radius 1 is 1.29 bits per heavy atom. The molecule has 1 aromatic carbocycles. The number of aryl methyl sites for hydroxylation is 3. The maximum atomic E-state index is 11.9. The lowest BCUT2D eigenvalue weighted by Gasteiger charge is -2.11. The number of hydrogen-bond donors (Lipinski definition) is 1. The van der Waals surface area contributed by atoms with E-state index in [0.29, 0.717) is 0 Å². The Kier molecular flexibility index (Phi) is 4.52. The van der Waals surface area contributed by atoms with E-state index in [4.69, 9.17) is 5.11 Å². The second-order valence-electron chi connectivity index (χ2n) is 4.92. The number of benzene rings is 1. The van der Waals surface area contributed by atoms with Crippen LogP contribution >= 0.6 is 0 Å². The molecular weight excluding hydrogens is 268 g/mol. The zero-order chi connectivity index (χ0) is 15.4. The van der Waals surface area contributed by atoms with E-state index in [1.54, 1.807) is 4.68 Å². The number of carboxylic acid groups (broad SMARTS) is 1. The van der Waals surface area contributed by atoms with Crippen molar-refractivity contribution in [2.45, 2.75) is 33.1 Å². The first-order chi connectivity index (χ1) is 10.0. The lowest BCUT2D eigenvalue weighted by Crippen LogP contribution is -2.19. The number of aliphatic carboxylic acids is 1. The second kappa shape index (κ2) is 6.35. The molecule has 110 valence electrons. The maximum Gasteiger partial charge on any atom is 0.303 e. The largest absolute Gasteiger partial charge is 0.481 e. The third-order valence-electron chi connectivity index (χ3n) is 3.34. The van der Waals surface area contributed by atoms with Gasteiger partial charge in [0.05, 0.1) is 12.1 Å². The molecule has 21 heavy (non-hydrogen) atoms. The van der Waals surface area contributed by atoms with E-state index < -0.39 is 5.97 Å². The Labute approximate surface area is 122 Å². The minimum atomic E-state index is -0.935. The zero-order valence-electron chi connectivity index (χ0n) is 12.2. The summed E-state index contributed by atoms with van der Waals surface area (Å²) >= 11 is 0. The molecule has 1 N–H and O–H groups in total. The summed E-state index contributed by atoms with van der Waals surface area (Å²) in [4.78, 5) is 22.5. The summed E-state index contributed by atoms with van der Waals surface area (Å²) in [5.41, 5.74) is 2.88. The summed E-state index contributed by atoms with van der Waals surface area (Å²) in [6.07, 6.45) is 1.00. The van der Waals surface area contributed by atoms with Crippen molar-refractivity contribution in [3.63, 3.8) is 0 Å². The van der Waals surface area contributed by atoms with E-state index in [0.717, 1.165) is 17.8 Å². The minimum Gasteiger partial charge on any atom is -0.481 e. The van der Waals surface area contributed by atoms with Crippen molar-refractivity contribution < 1.29 is 9.90 Å². The SMILES string of the molecule is CCc1ccc(-n2nc(CCC(=O)O)c(=O)cc2C)cc1. The van der Waals surface area contributed by atoms with Gasteiger partial charge in [0.15, 0.2) is 0 Å². The Balaban J connectivity index is 2.40. The number of aromatic nitrogens is 2. The molecule has 0 aliphatic rings. The van der Waals surface area contributed by atoms with Crippen LogP contribution in [0.3, 0.4) is 0 Å². The molecule has 0 radical (unpaired) electrons. The summed E-state index contributed by atoms with van der Waals surface area (Å²) in [6.45, 7) is 3.89. The van der Waals surface area contributed by atoms with Gasteiger partial charge in [-0.05, 0) is 31.0 Å². The molecule has 1 heterocycles. The summed E-state index contributed by atoms with van der Waals surface area (Å²) < 4.78 is 1.68. The van der Waals surface area contributed by atoms with Gasteiger partial charge in [0.2, 0.25) is 5.43 Å². The molecule has 0 saturated heterocycles. The van der Waals surface area contributed by atoms with Gasteiger partial charge in [-0.1, -0.05) is 19.1 Å². The summed E-state index contributed by atoms with van der Waals surface area (Å²) in [6, 6.07) is 9.43. The van der Waals surface area contributed by atoms with Crippen LogP contribution in [-0.2, 0) is 17.6 Å². The predicted octanol–water partition coefficient (Wildman–Crippen LogP) is 2.12. The van der Waals surface area contributed by atoms with E-state index in [-0.39, 0.29) is 24.0 Å². The number of carboxylic acids is 1. The van der Waals surface area contributed by atoms with Gasteiger partial charge in [-0.25, -0.2) is 4.68 Å². The molecule has 0 spiro atoms. The Morgan fingerprint density at radius 2 is 1.95 bits per heavy atom. The molecule has 0 unspecified atom stereocenters. The van der Waals surface area contributed by atoms with Gasteiger partial charge >= 0.3 is 5.97 Å². The molecule has 0 bridgehead atoms. The number of rotatable bonds is 5. The number of nitrogens with zero attached hydrogens (tertiary/aromatic N) is 2. The molecule has 1 aromatic heterocycles. The van der Waals surface area contributed by atoms with Gasteiger partial charge in [-0.15, -0.1) is 0 Å². The number of hydrogen-bond acceptors (Lipinski definition) is 3. The van der Waals surface area contributed by atoms with Crippen molar-refractivity contribution >= 4 is 5.97 Å². The Morgan fingerprint density at radius 3 is 2.52 bits per heavy atom. The average Bonchev–Trinajstić information content (AvgIpc) is 2.46. The van der Waals surface area contributed by atoms with E-state index in [2.05, 4.69) is 12.0 Å². The van der Waals surface area contributed by atoms with Crippen LogP contribution in [0.1, 0.15) is 30.3 Å². The first kappa shape index (κ1) is 15.0. The molecular formula is C16H18N2O3. The molecule has 5 heteroatoms. The fraction of sp³-hybridized carbons (Fsp3) is 0.312. The fourth-order valence-electron chi connectivity index (χ4n) is 2.12. The maximum absolute atomic E-state index is 11.9. The Hall–Kier alpha value is -2.43. The van der Waals surface area contributed by atoms with E-state index in [1.807, 2.05) is 31.2 Å². The van der Waals surface area contributed by atoms with Crippen molar-refractivity contribution in [1.82, 2.24) is 9.78 Å². The van der Waals surface area contributed by atoms with Crippen LogP contribution in [0.2, 0.25) is 0 Å². The van der Waals surface area contributed by atoms with E-state index in [9.17, 15) is 9.59 Å². The van der Waals surface area contributed by atoms with Gasteiger partial charge in [0.25, 0.3) is 0 Å². The van der Waals surface area contributed by atoms with Crippen LogP contribution in [0, 0.1) is 6.92 Å². The van der Waals surface area contributed by atoms with Crippen LogP contribution in [-0.4, -0.2) is 20.9 Å². The average molecular weight is 286 g/mol. The summed E-state index contributed by atoms with van der Waals surface area (Å²) in [5.74, 6) is -0.935. The van der Waals surface area contributed by atoms with Crippen LogP contribution in [0.5, 0.6) is 0 Å². The first-order valence-electron chi connectivity index (χ1n) is 6.92. The quantitative estimate of drug-likeness (QED) is 0.913. The predicted molar refractivity (Wildman–Crippen MR) is 79.9 cm³/mol. The third-order valence-corrected chi connectivity index (χ3v) is 3.34. The second-order valence-corrected chi connectivity index (χ2v) is 4.92. The van der Waals surface area contributed by atoms with Crippen molar-refractivity contribution in [1.29, 1.82) is 0 Å². The van der Waals surface area contributed by atoms with Gasteiger partial charge in [-0.2, -0.15) is 5.10 Å². The number of carbonyl (C=O) groups is 1. The lowest BCUT2D eigenvalue weighted by atomic mass is 10.1. The summed E-state index contributed by atoms with van der Waals surface area (Å²) in [5, 5.41) is 13.0. The van der Waals surface area contributed by atoms with Crippen molar-refractivity contribution in [2.24, 2.45) is 0 Å². The van der Waals surface area contributed by atoms with Gasteiger partial charge in [-0.3, -0.25) is 9.59 Å². The highest BCUT2D eigenvalue weighted by Crippen LogP contribution is 2.11. The monoisotopic (exact) mass is 286 g/mol. The molecule has 0 saturated carbocycles. The Bertz CT molecular complexity index is 702. The van der Waals surface area contributed by atoms with E-state index >= 15 is 0 Å². The van der Waals surface area contributed by atoms with Gasteiger partial charge in [0, 0.05) is 18.2 Å². The summed E-state index contributed by atoms with van der Waals surface area (Å²) in [7, 11) is 0. The van der Waals surface area contributed by atoms with Crippen molar-refractivity contribution in [2.75, 3.05) is 0 Å². The highest BCUT2D eigenvalue weighted by Gasteiger charge is 2.09. The lowest BCUT2D eigenvalue weighted by molar-refractivity contribution is -0.136. The van der Waals surface area contributed by atoms with Gasteiger partial charge in [0.1, 0.15) is 5.69 Å². The van der Waals surface area contributed by atoms with Crippen LogP contribution in [0.25, 0.3) is 5.69 Å². The van der Waals surface area contributed by atoms with Gasteiger partial charge < -0.3 is 5.11 Å². The molecule has 0 fully saturated rings. The highest BCUT2D eigenvalue weighted by molar-refractivity contribution is 5.66. The van der Waals surface area contributed by atoms with Crippen LogP contribution < -0.4 is 5.43 Å². The minimum absolute atomic E-state index is 0.0971. The molecule has 0 aliphatic carbocycles. The topological polar surface area (TPSA) is 72.2 Å². The molecule has 0 atom stereocenters. The van der Waals surface area contributed by atoms with Crippen molar-refractivity contribution in [3.05, 3.63) is 57.5 Å².